The van der Waals surface area contributed by atoms with Crippen molar-refractivity contribution in [2.75, 3.05) is 18.4 Å². The molecule has 1 amide bonds. The van der Waals surface area contributed by atoms with Crippen LogP contribution < -0.4 is 10.6 Å². The topological polar surface area (TPSA) is 41.1 Å². The summed E-state index contributed by atoms with van der Waals surface area (Å²) in [6.45, 7) is 8.14. The second kappa shape index (κ2) is 8.75. The molecule has 2 aromatic carbocycles. The van der Waals surface area contributed by atoms with Crippen LogP contribution in [0.1, 0.15) is 18.1 Å². The van der Waals surface area contributed by atoms with E-state index in [0.717, 1.165) is 18.8 Å². The first-order valence-electron chi connectivity index (χ1n) is 8.39. The van der Waals surface area contributed by atoms with Gasteiger partial charge in [-0.2, -0.15) is 0 Å². The summed E-state index contributed by atoms with van der Waals surface area (Å²) in [6.07, 6.45) is 0. The zero-order valence-electron chi connectivity index (χ0n) is 14.8. The van der Waals surface area contributed by atoms with Crippen molar-refractivity contribution in [3.05, 3.63) is 53.6 Å². The van der Waals surface area contributed by atoms with Gasteiger partial charge in [0.2, 0.25) is 5.91 Å². The molecule has 5 heteroatoms. The number of hydrogen-bond donors (Lipinski definition) is 2. The number of benzene rings is 2. The van der Waals surface area contributed by atoms with Crippen molar-refractivity contribution >= 4 is 35.8 Å². The van der Waals surface area contributed by atoms with E-state index in [-0.39, 0.29) is 24.2 Å². The Bertz CT molecular complexity index is 729. The van der Waals surface area contributed by atoms with Crippen LogP contribution in [0.3, 0.4) is 0 Å². The molecule has 1 atom stereocenters. The van der Waals surface area contributed by atoms with E-state index in [1.54, 1.807) is 11.8 Å². The highest BCUT2D eigenvalue weighted by Gasteiger charge is 2.28. The van der Waals surface area contributed by atoms with Gasteiger partial charge in [0.15, 0.2) is 0 Å². The average molecular weight is 377 g/mol. The van der Waals surface area contributed by atoms with Gasteiger partial charge in [0, 0.05) is 21.4 Å². The number of carbonyl (C=O) groups is 1. The summed E-state index contributed by atoms with van der Waals surface area (Å²) in [6, 6.07) is 14.6. The summed E-state index contributed by atoms with van der Waals surface area (Å²) in [5.74, 6) is 0.621. The molecule has 134 valence electrons. The van der Waals surface area contributed by atoms with Crippen LogP contribution in [0.25, 0.3) is 0 Å². The lowest BCUT2D eigenvalue weighted by atomic mass is 9.88. The minimum Gasteiger partial charge on any atom is -0.326 e. The first-order valence-corrected chi connectivity index (χ1v) is 9.21. The minimum atomic E-state index is 0. The molecule has 3 rings (SSSR count). The highest BCUT2D eigenvalue weighted by molar-refractivity contribution is 7.99. The Balaban J connectivity index is 0.00000225. The third-order valence-electron chi connectivity index (χ3n) is 4.61. The van der Waals surface area contributed by atoms with E-state index in [4.69, 9.17) is 0 Å². The van der Waals surface area contributed by atoms with Crippen LogP contribution in [0.5, 0.6) is 0 Å². The Morgan fingerprint density at radius 2 is 1.84 bits per heavy atom. The normalized spacial score (nSPS) is 15.0. The van der Waals surface area contributed by atoms with Crippen molar-refractivity contribution in [1.82, 2.24) is 5.32 Å². The van der Waals surface area contributed by atoms with Gasteiger partial charge >= 0.3 is 0 Å². The summed E-state index contributed by atoms with van der Waals surface area (Å²) in [7, 11) is 0. The lowest BCUT2D eigenvalue weighted by Gasteiger charge is -2.31. The standard InChI is InChI=1S/C20H24N2OS.ClH/c1-13-4-9-19(14(2)10-13)24-18-7-5-17(6-8-18)22-20(23)15(3)16-11-21-12-16;/h4-10,15-16,21H,11-12H2,1-3H3,(H,22,23);1H. The molecule has 0 spiro atoms. The van der Waals surface area contributed by atoms with Crippen molar-refractivity contribution in [2.45, 2.75) is 30.6 Å². The van der Waals surface area contributed by atoms with Crippen LogP contribution in [-0.2, 0) is 4.79 Å². The van der Waals surface area contributed by atoms with Crippen molar-refractivity contribution in [1.29, 1.82) is 0 Å². The van der Waals surface area contributed by atoms with Crippen molar-refractivity contribution in [2.24, 2.45) is 11.8 Å². The fraction of sp³-hybridized carbons (Fsp3) is 0.350. The molecule has 0 bridgehead atoms. The van der Waals surface area contributed by atoms with Crippen LogP contribution in [0.4, 0.5) is 5.69 Å². The number of anilines is 1. The van der Waals surface area contributed by atoms with Gasteiger partial charge in [0.25, 0.3) is 0 Å². The molecule has 1 saturated heterocycles. The summed E-state index contributed by atoms with van der Waals surface area (Å²) in [5, 5.41) is 6.24. The molecule has 0 radical (unpaired) electrons. The summed E-state index contributed by atoms with van der Waals surface area (Å²) in [5.41, 5.74) is 3.44. The third-order valence-corrected chi connectivity index (χ3v) is 5.80. The van der Waals surface area contributed by atoms with E-state index >= 15 is 0 Å². The molecule has 3 nitrogen and oxygen atoms in total. The Morgan fingerprint density at radius 1 is 1.16 bits per heavy atom. The van der Waals surface area contributed by atoms with Crippen molar-refractivity contribution in [3.63, 3.8) is 0 Å². The number of amides is 1. The molecular weight excluding hydrogens is 352 g/mol. The number of carbonyl (C=O) groups excluding carboxylic acids is 1. The molecule has 0 aromatic heterocycles. The molecule has 1 unspecified atom stereocenters. The highest BCUT2D eigenvalue weighted by Crippen LogP contribution is 2.31. The van der Waals surface area contributed by atoms with Gasteiger partial charge in [-0.25, -0.2) is 0 Å². The summed E-state index contributed by atoms with van der Waals surface area (Å²) >= 11 is 1.75. The Hall–Kier alpha value is -1.49. The van der Waals surface area contributed by atoms with Crippen LogP contribution in [0, 0.1) is 25.7 Å². The van der Waals surface area contributed by atoms with E-state index in [1.165, 1.54) is 20.9 Å². The quantitative estimate of drug-likeness (QED) is 0.796. The van der Waals surface area contributed by atoms with Gasteiger partial charge in [-0.3, -0.25) is 4.79 Å². The predicted molar refractivity (Wildman–Crippen MR) is 108 cm³/mol. The van der Waals surface area contributed by atoms with E-state index in [2.05, 4.69) is 54.8 Å². The average Bonchev–Trinajstić information content (AvgIpc) is 2.50. The summed E-state index contributed by atoms with van der Waals surface area (Å²) in [4.78, 5) is 14.7. The largest absolute Gasteiger partial charge is 0.326 e. The fourth-order valence-electron chi connectivity index (χ4n) is 2.78. The van der Waals surface area contributed by atoms with Gasteiger partial charge in [-0.1, -0.05) is 36.4 Å². The molecule has 1 fully saturated rings. The fourth-order valence-corrected chi connectivity index (χ4v) is 3.66. The number of hydrogen-bond acceptors (Lipinski definition) is 3. The molecule has 0 aliphatic carbocycles. The number of halogens is 1. The Labute approximate surface area is 160 Å². The third kappa shape index (κ3) is 5.00. The van der Waals surface area contributed by atoms with E-state index in [1.807, 2.05) is 19.1 Å². The van der Waals surface area contributed by atoms with Gasteiger partial charge in [0.05, 0.1) is 0 Å². The van der Waals surface area contributed by atoms with E-state index < -0.39 is 0 Å². The van der Waals surface area contributed by atoms with Crippen LogP contribution in [-0.4, -0.2) is 19.0 Å². The monoisotopic (exact) mass is 376 g/mol. The van der Waals surface area contributed by atoms with Crippen molar-refractivity contribution in [3.8, 4) is 0 Å². The van der Waals surface area contributed by atoms with Gasteiger partial charge in [0.1, 0.15) is 0 Å². The maximum atomic E-state index is 12.3. The van der Waals surface area contributed by atoms with E-state index in [9.17, 15) is 4.79 Å². The smallest absolute Gasteiger partial charge is 0.227 e. The van der Waals surface area contributed by atoms with Crippen LogP contribution >= 0.6 is 24.2 Å². The maximum Gasteiger partial charge on any atom is 0.227 e. The highest BCUT2D eigenvalue weighted by atomic mass is 35.5. The number of nitrogens with one attached hydrogen (secondary N) is 2. The lowest BCUT2D eigenvalue weighted by molar-refractivity contribution is -0.121. The molecule has 1 heterocycles. The molecule has 25 heavy (non-hydrogen) atoms. The predicted octanol–water partition coefficient (Wildman–Crippen LogP) is 4.67. The molecule has 1 aliphatic heterocycles. The zero-order chi connectivity index (χ0) is 17.1. The number of rotatable bonds is 5. The Morgan fingerprint density at radius 3 is 2.40 bits per heavy atom. The first-order chi connectivity index (χ1) is 11.5. The molecule has 2 aromatic rings. The summed E-state index contributed by atoms with van der Waals surface area (Å²) < 4.78 is 0. The molecular formula is C20H25ClN2OS. The minimum absolute atomic E-state index is 0. The van der Waals surface area contributed by atoms with Crippen LogP contribution in [0.15, 0.2) is 52.3 Å². The molecule has 1 aliphatic rings. The second-order valence-electron chi connectivity index (χ2n) is 6.59. The lowest BCUT2D eigenvalue weighted by Crippen LogP contribution is -2.48. The van der Waals surface area contributed by atoms with Gasteiger partial charge < -0.3 is 10.6 Å². The van der Waals surface area contributed by atoms with Crippen LogP contribution in [0.2, 0.25) is 0 Å². The van der Waals surface area contributed by atoms with E-state index in [0.29, 0.717) is 5.92 Å². The molecule has 2 N–H and O–H groups in total. The zero-order valence-corrected chi connectivity index (χ0v) is 16.5. The van der Waals surface area contributed by atoms with Gasteiger partial charge in [-0.05, 0) is 68.8 Å². The first kappa shape index (κ1) is 19.8. The second-order valence-corrected chi connectivity index (χ2v) is 7.71. The SMILES string of the molecule is Cc1ccc(Sc2ccc(NC(=O)C(C)C3CNC3)cc2)c(C)c1.Cl. The van der Waals surface area contributed by atoms with Crippen molar-refractivity contribution < 1.29 is 4.79 Å². The maximum absolute atomic E-state index is 12.3. The number of aryl methyl sites for hydroxylation is 2. The van der Waals surface area contributed by atoms with Gasteiger partial charge in [-0.15, -0.1) is 12.4 Å². The molecule has 0 saturated carbocycles. The Kier molecular flexibility index (Phi) is 6.94.